The molecule has 0 spiro atoms. The Morgan fingerprint density at radius 1 is 0.968 bits per heavy atom. The third-order valence-electron chi connectivity index (χ3n) is 5.35. The van der Waals surface area contributed by atoms with E-state index in [-0.39, 0.29) is 27.0 Å². The number of carbonyl (C=O) groups excluding carboxylic acids is 1. The van der Waals surface area contributed by atoms with Gasteiger partial charge in [0.1, 0.15) is 19.0 Å². The molecule has 0 saturated carbocycles. The van der Waals surface area contributed by atoms with Gasteiger partial charge in [0.15, 0.2) is 0 Å². The zero-order valence-corrected chi connectivity index (χ0v) is 17.4. The number of nitrogens with one attached hydrogen (secondary N) is 1. The standard InChI is InChI=1S/C15H20FNO3.C7H14FNO.CH4/c16-13-8-10-17(9-4-7-14(13)18)15(19)20-11-12-5-2-1-3-6-12;8-6-3-5-9-4-1-2-7(6)10;/h1-3,5-6,13-14,18H,4,7-11H2;6-7,9-10H,1-5H2;1H4. The molecule has 2 saturated heterocycles. The van der Waals surface area contributed by atoms with E-state index < -0.39 is 30.6 Å². The van der Waals surface area contributed by atoms with Crippen molar-refractivity contribution in [2.24, 2.45) is 0 Å². The molecule has 2 aliphatic heterocycles. The minimum Gasteiger partial charge on any atom is -0.445 e. The van der Waals surface area contributed by atoms with Crippen LogP contribution in [-0.4, -0.2) is 71.9 Å². The van der Waals surface area contributed by atoms with Crippen molar-refractivity contribution in [3.05, 3.63) is 35.9 Å². The first-order chi connectivity index (χ1) is 14.5. The third-order valence-corrected chi connectivity index (χ3v) is 5.35. The van der Waals surface area contributed by atoms with Gasteiger partial charge in [-0.25, -0.2) is 13.6 Å². The molecule has 2 aliphatic rings. The van der Waals surface area contributed by atoms with Crippen molar-refractivity contribution in [3.8, 4) is 0 Å². The molecule has 0 aliphatic carbocycles. The average Bonchev–Trinajstić information content (AvgIpc) is 2.75. The van der Waals surface area contributed by atoms with Gasteiger partial charge in [-0.15, -0.1) is 0 Å². The summed E-state index contributed by atoms with van der Waals surface area (Å²) in [7, 11) is 0. The Kier molecular flexibility index (Phi) is 13.3. The smallest absolute Gasteiger partial charge is 0.410 e. The fourth-order valence-corrected chi connectivity index (χ4v) is 3.42. The summed E-state index contributed by atoms with van der Waals surface area (Å²) in [5, 5.41) is 21.6. The Hall–Kier alpha value is -1.77. The average molecular weight is 445 g/mol. The summed E-state index contributed by atoms with van der Waals surface area (Å²) in [6.45, 7) is 2.60. The van der Waals surface area contributed by atoms with E-state index in [4.69, 9.17) is 9.84 Å². The van der Waals surface area contributed by atoms with Crippen molar-refractivity contribution in [2.75, 3.05) is 26.2 Å². The van der Waals surface area contributed by atoms with Gasteiger partial charge in [0.05, 0.1) is 12.2 Å². The lowest BCUT2D eigenvalue weighted by atomic mass is 10.0. The van der Waals surface area contributed by atoms with E-state index in [1.165, 1.54) is 4.90 Å². The molecule has 2 heterocycles. The second-order valence-electron chi connectivity index (χ2n) is 7.81. The molecule has 4 atom stereocenters. The van der Waals surface area contributed by atoms with Gasteiger partial charge in [0, 0.05) is 13.1 Å². The first kappa shape index (κ1) is 27.3. The summed E-state index contributed by atoms with van der Waals surface area (Å²) < 4.78 is 31.4. The number of likely N-dealkylation sites (tertiary alicyclic amines) is 1. The van der Waals surface area contributed by atoms with Crippen LogP contribution in [0.5, 0.6) is 0 Å². The van der Waals surface area contributed by atoms with Crippen LogP contribution in [0.2, 0.25) is 0 Å². The summed E-state index contributed by atoms with van der Waals surface area (Å²) in [5.74, 6) is 0. The SMILES string of the molecule is C.O=C(OCc1ccccc1)N1CCCC(O)C(F)CC1.OC1CCCNCCC1F. The van der Waals surface area contributed by atoms with E-state index in [0.717, 1.165) is 18.5 Å². The van der Waals surface area contributed by atoms with Crippen LogP contribution < -0.4 is 5.32 Å². The molecule has 6 nitrogen and oxygen atoms in total. The number of hydrogen-bond acceptors (Lipinski definition) is 5. The molecule has 31 heavy (non-hydrogen) atoms. The van der Waals surface area contributed by atoms with Gasteiger partial charge in [-0.05, 0) is 57.2 Å². The minimum absolute atomic E-state index is 0. The molecular weight excluding hydrogens is 406 g/mol. The highest BCUT2D eigenvalue weighted by Gasteiger charge is 2.25. The van der Waals surface area contributed by atoms with Crippen LogP contribution >= 0.6 is 0 Å². The van der Waals surface area contributed by atoms with Gasteiger partial charge in [-0.2, -0.15) is 0 Å². The van der Waals surface area contributed by atoms with Crippen LogP contribution in [0.15, 0.2) is 30.3 Å². The number of amides is 1. The Morgan fingerprint density at radius 2 is 1.61 bits per heavy atom. The van der Waals surface area contributed by atoms with Crippen molar-refractivity contribution in [1.82, 2.24) is 10.2 Å². The molecule has 0 bridgehead atoms. The molecule has 2 fully saturated rings. The summed E-state index contributed by atoms with van der Waals surface area (Å²) in [4.78, 5) is 13.5. The maximum absolute atomic E-state index is 13.5. The van der Waals surface area contributed by atoms with Gasteiger partial charge in [-0.1, -0.05) is 37.8 Å². The zero-order chi connectivity index (χ0) is 21.8. The number of nitrogens with zero attached hydrogens (tertiary/aromatic N) is 1. The minimum atomic E-state index is -1.26. The highest BCUT2D eigenvalue weighted by molar-refractivity contribution is 5.67. The van der Waals surface area contributed by atoms with Crippen LogP contribution in [0.1, 0.15) is 51.5 Å². The normalized spacial score (nSPS) is 27.2. The molecule has 1 aromatic carbocycles. The molecule has 3 rings (SSSR count). The van der Waals surface area contributed by atoms with Crippen molar-refractivity contribution >= 4 is 6.09 Å². The summed E-state index contributed by atoms with van der Waals surface area (Å²) in [6, 6.07) is 9.43. The van der Waals surface area contributed by atoms with Gasteiger partial charge >= 0.3 is 6.09 Å². The van der Waals surface area contributed by atoms with Crippen LogP contribution in [-0.2, 0) is 11.3 Å². The van der Waals surface area contributed by atoms with Crippen LogP contribution in [0.25, 0.3) is 0 Å². The first-order valence-electron chi connectivity index (χ1n) is 10.8. The number of benzene rings is 1. The largest absolute Gasteiger partial charge is 0.445 e. The van der Waals surface area contributed by atoms with Gasteiger partial charge in [0.25, 0.3) is 0 Å². The lowest BCUT2D eigenvalue weighted by molar-refractivity contribution is 0.0371. The summed E-state index contributed by atoms with van der Waals surface area (Å²) in [5.41, 5.74) is 0.923. The lowest BCUT2D eigenvalue weighted by Gasteiger charge is -2.27. The van der Waals surface area contributed by atoms with Gasteiger partial charge < -0.3 is 25.2 Å². The maximum atomic E-state index is 13.5. The van der Waals surface area contributed by atoms with E-state index in [2.05, 4.69) is 5.32 Å². The predicted molar refractivity (Wildman–Crippen MR) is 117 cm³/mol. The third kappa shape index (κ3) is 10.4. The first-order valence-corrected chi connectivity index (χ1v) is 10.8. The van der Waals surface area contributed by atoms with E-state index in [0.29, 0.717) is 38.8 Å². The molecule has 178 valence electrons. The Bertz CT molecular complexity index is 596. The number of rotatable bonds is 2. The number of carbonyl (C=O) groups is 1. The molecule has 3 N–H and O–H groups in total. The number of alkyl halides is 2. The molecule has 1 amide bonds. The molecule has 0 radical (unpaired) electrons. The summed E-state index contributed by atoms with van der Waals surface area (Å²) in [6.07, 6.45) is -1.30. The fraction of sp³-hybridized carbons (Fsp3) is 0.696. The Labute approximate surface area is 184 Å². The van der Waals surface area contributed by atoms with Crippen LogP contribution in [0.3, 0.4) is 0 Å². The van der Waals surface area contributed by atoms with Crippen LogP contribution in [0, 0.1) is 0 Å². The summed E-state index contributed by atoms with van der Waals surface area (Å²) >= 11 is 0. The zero-order valence-electron chi connectivity index (χ0n) is 17.4. The Morgan fingerprint density at radius 3 is 2.32 bits per heavy atom. The van der Waals surface area contributed by atoms with Crippen molar-refractivity contribution in [1.29, 1.82) is 0 Å². The van der Waals surface area contributed by atoms with Crippen molar-refractivity contribution in [3.63, 3.8) is 0 Å². The molecule has 8 heteroatoms. The quantitative estimate of drug-likeness (QED) is 0.649. The molecule has 0 aromatic heterocycles. The van der Waals surface area contributed by atoms with E-state index >= 15 is 0 Å². The highest BCUT2D eigenvalue weighted by atomic mass is 19.1. The number of ether oxygens (including phenoxy) is 1. The highest BCUT2D eigenvalue weighted by Crippen LogP contribution is 2.16. The lowest BCUT2D eigenvalue weighted by Crippen LogP contribution is -2.39. The number of aliphatic hydroxyl groups is 2. The van der Waals surface area contributed by atoms with E-state index in [9.17, 15) is 18.7 Å². The second kappa shape index (κ2) is 15.1. The van der Waals surface area contributed by atoms with Crippen LogP contribution in [0.4, 0.5) is 13.6 Å². The van der Waals surface area contributed by atoms with Crippen molar-refractivity contribution < 1.29 is 28.5 Å². The van der Waals surface area contributed by atoms with Gasteiger partial charge in [0.2, 0.25) is 0 Å². The number of aliphatic hydroxyl groups excluding tert-OH is 2. The van der Waals surface area contributed by atoms with E-state index in [1.807, 2.05) is 30.3 Å². The van der Waals surface area contributed by atoms with Gasteiger partial charge in [-0.3, -0.25) is 0 Å². The Balaban J connectivity index is 0.000000370. The second-order valence-corrected chi connectivity index (χ2v) is 7.81. The fourth-order valence-electron chi connectivity index (χ4n) is 3.42. The number of hydrogen-bond donors (Lipinski definition) is 3. The van der Waals surface area contributed by atoms with Crippen molar-refractivity contribution in [2.45, 2.75) is 77.1 Å². The molecular formula is C23H38F2N2O4. The molecule has 1 aromatic rings. The predicted octanol–water partition coefficient (Wildman–Crippen LogP) is 3.60. The molecule has 4 unspecified atom stereocenters. The van der Waals surface area contributed by atoms with E-state index in [1.54, 1.807) is 0 Å². The monoisotopic (exact) mass is 444 g/mol. The number of halogens is 2. The maximum Gasteiger partial charge on any atom is 0.410 e. The topological polar surface area (TPSA) is 82.0 Å².